The minimum atomic E-state index is -4.67. The monoisotopic (exact) mass is 645 g/mol. The number of hydrogen-bond acceptors (Lipinski definition) is 8. The molecule has 0 aliphatic carbocycles. The molecule has 14 heteroatoms. The number of ether oxygens (including phenoxy) is 3. The fraction of sp³-hybridized carbons (Fsp3) is 0.200. The molecule has 1 N–H and O–H groups in total. The summed E-state index contributed by atoms with van der Waals surface area (Å²) < 4.78 is 56.0. The number of imide groups is 1. The van der Waals surface area contributed by atoms with Crippen molar-refractivity contribution in [3.8, 4) is 23.3 Å². The second-order valence-corrected chi connectivity index (χ2v) is 10.4. The van der Waals surface area contributed by atoms with Crippen molar-refractivity contribution in [2.24, 2.45) is 0 Å². The zero-order chi connectivity index (χ0) is 32.0. The van der Waals surface area contributed by atoms with Gasteiger partial charge in [0.15, 0.2) is 11.5 Å². The Kier molecular flexibility index (Phi) is 10.1. The number of alkyl halides is 3. The fourth-order valence-corrected chi connectivity index (χ4v) is 5.19. The third-order valence-corrected chi connectivity index (χ3v) is 7.30. The van der Waals surface area contributed by atoms with Gasteiger partial charge in [-0.15, -0.1) is 0 Å². The number of halogens is 4. The molecule has 228 valence electrons. The topological polar surface area (TPSA) is 118 Å². The molecule has 1 aliphatic heterocycles. The van der Waals surface area contributed by atoms with Crippen LogP contribution in [0.4, 0.5) is 23.7 Å². The van der Waals surface area contributed by atoms with E-state index in [1.807, 2.05) is 0 Å². The van der Waals surface area contributed by atoms with Crippen molar-refractivity contribution in [1.29, 1.82) is 5.26 Å². The molecule has 1 heterocycles. The first-order valence-corrected chi connectivity index (χ1v) is 14.0. The van der Waals surface area contributed by atoms with Crippen molar-refractivity contribution in [2.45, 2.75) is 19.7 Å². The maximum Gasteiger partial charge on any atom is 0.416 e. The van der Waals surface area contributed by atoms with Crippen LogP contribution in [0.1, 0.15) is 29.2 Å². The quantitative estimate of drug-likeness (QED) is 0.237. The smallest absolute Gasteiger partial charge is 0.416 e. The number of carbonyl (C=O) groups is 3. The zero-order valence-electron chi connectivity index (χ0n) is 23.2. The number of anilines is 1. The van der Waals surface area contributed by atoms with E-state index >= 15 is 0 Å². The van der Waals surface area contributed by atoms with Crippen molar-refractivity contribution in [3.05, 3.63) is 86.8 Å². The molecule has 0 unspecified atom stereocenters. The van der Waals surface area contributed by atoms with E-state index in [-0.39, 0.29) is 46.1 Å². The van der Waals surface area contributed by atoms with Crippen molar-refractivity contribution in [1.82, 2.24) is 4.90 Å². The van der Waals surface area contributed by atoms with Crippen LogP contribution in [-0.4, -0.2) is 42.2 Å². The van der Waals surface area contributed by atoms with Crippen LogP contribution in [0.5, 0.6) is 17.2 Å². The molecule has 0 radical (unpaired) electrons. The summed E-state index contributed by atoms with van der Waals surface area (Å²) in [5, 5.41) is 11.0. The Morgan fingerprint density at radius 3 is 2.55 bits per heavy atom. The molecule has 0 bridgehead atoms. The van der Waals surface area contributed by atoms with Gasteiger partial charge < -0.3 is 19.5 Å². The Hall–Kier alpha value is -4.67. The van der Waals surface area contributed by atoms with E-state index in [2.05, 4.69) is 11.4 Å². The highest BCUT2D eigenvalue weighted by Gasteiger charge is 2.37. The van der Waals surface area contributed by atoms with Gasteiger partial charge in [-0.3, -0.25) is 19.3 Å². The van der Waals surface area contributed by atoms with Gasteiger partial charge in [0.25, 0.3) is 11.1 Å². The number of carbonyl (C=O) groups excluding carboxylic acids is 3. The molecular formula is C30H23ClF3N3O6S. The lowest BCUT2D eigenvalue weighted by molar-refractivity contribution is -0.137. The van der Waals surface area contributed by atoms with Crippen LogP contribution >= 0.6 is 23.4 Å². The molecule has 4 rings (SSSR count). The van der Waals surface area contributed by atoms with Crippen LogP contribution in [0.2, 0.25) is 5.02 Å². The third kappa shape index (κ3) is 7.45. The predicted molar refractivity (Wildman–Crippen MR) is 157 cm³/mol. The molecule has 3 aromatic rings. The first-order valence-electron chi connectivity index (χ1n) is 12.8. The molecule has 0 saturated carbocycles. The van der Waals surface area contributed by atoms with E-state index in [9.17, 15) is 32.8 Å². The van der Waals surface area contributed by atoms with Crippen molar-refractivity contribution >= 4 is 52.2 Å². The van der Waals surface area contributed by atoms with Crippen molar-refractivity contribution in [2.75, 3.05) is 25.6 Å². The number of thioether (sulfide) groups is 1. The van der Waals surface area contributed by atoms with Crippen LogP contribution < -0.4 is 19.5 Å². The van der Waals surface area contributed by atoms with Crippen LogP contribution in [0.25, 0.3) is 6.08 Å². The Morgan fingerprint density at radius 2 is 1.86 bits per heavy atom. The standard InChI is InChI=1S/C30H23ClF3N3O6S/c1-3-42-24-11-17(10-21(31)27(24)43-16-19-7-5-4-6-18(19)14-35)12-25-28(39)37(29(40)44-25)15-26(38)36-22-13-20(30(32,33)34)8-9-23(22)41-2/h4-13H,3,15-16H2,1-2H3,(H,36,38)/b25-12-. The van der Waals surface area contributed by atoms with E-state index in [0.29, 0.717) is 39.4 Å². The summed E-state index contributed by atoms with van der Waals surface area (Å²) in [6, 6.07) is 14.6. The summed E-state index contributed by atoms with van der Waals surface area (Å²) in [5.41, 5.74) is 0.188. The van der Waals surface area contributed by atoms with Gasteiger partial charge in [-0.05, 0) is 66.7 Å². The third-order valence-electron chi connectivity index (χ3n) is 6.12. The van der Waals surface area contributed by atoms with Gasteiger partial charge in [-0.25, -0.2) is 0 Å². The summed E-state index contributed by atoms with van der Waals surface area (Å²) in [6.45, 7) is 1.30. The normalized spacial score (nSPS) is 14.0. The maximum absolute atomic E-state index is 13.2. The van der Waals surface area contributed by atoms with E-state index in [1.54, 1.807) is 37.3 Å². The van der Waals surface area contributed by atoms with Gasteiger partial charge >= 0.3 is 6.18 Å². The molecule has 1 fully saturated rings. The molecule has 1 saturated heterocycles. The molecule has 0 atom stereocenters. The fourth-order valence-electron chi connectivity index (χ4n) is 4.08. The SMILES string of the molecule is CCOc1cc(/C=C2\SC(=O)N(CC(=O)Nc3cc(C(F)(F)F)ccc3OC)C2=O)cc(Cl)c1OCc1ccccc1C#N. The number of methoxy groups -OCH3 is 1. The molecule has 0 spiro atoms. The molecule has 3 amide bonds. The summed E-state index contributed by atoms with van der Waals surface area (Å²) >= 11 is 7.08. The largest absolute Gasteiger partial charge is 0.495 e. The average Bonchev–Trinajstić information content (AvgIpc) is 3.23. The van der Waals surface area contributed by atoms with Gasteiger partial charge in [0.2, 0.25) is 5.91 Å². The summed E-state index contributed by atoms with van der Waals surface area (Å²) in [4.78, 5) is 39.0. The van der Waals surface area contributed by atoms with Gasteiger partial charge in [0.1, 0.15) is 18.9 Å². The Morgan fingerprint density at radius 1 is 1.11 bits per heavy atom. The van der Waals surface area contributed by atoms with Gasteiger partial charge in [0, 0.05) is 5.56 Å². The lowest BCUT2D eigenvalue weighted by atomic mass is 10.1. The van der Waals surface area contributed by atoms with Crippen molar-refractivity contribution in [3.63, 3.8) is 0 Å². The first-order chi connectivity index (χ1) is 20.9. The van der Waals surface area contributed by atoms with Crippen LogP contribution in [0, 0.1) is 11.3 Å². The van der Waals surface area contributed by atoms with Crippen LogP contribution in [-0.2, 0) is 22.4 Å². The molecule has 9 nitrogen and oxygen atoms in total. The van der Waals surface area contributed by atoms with E-state index in [4.69, 9.17) is 25.8 Å². The number of hydrogen-bond donors (Lipinski definition) is 1. The number of amides is 3. The summed E-state index contributed by atoms with van der Waals surface area (Å²) in [5.74, 6) is -1.26. The number of rotatable bonds is 10. The highest BCUT2D eigenvalue weighted by atomic mass is 35.5. The summed E-state index contributed by atoms with van der Waals surface area (Å²) in [6.07, 6.45) is -3.27. The molecular weight excluding hydrogens is 623 g/mol. The Labute approximate surface area is 259 Å². The van der Waals surface area contributed by atoms with E-state index in [1.165, 1.54) is 19.3 Å². The van der Waals surface area contributed by atoms with Gasteiger partial charge in [0.05, 0.1) is 46.5 Å². The highest BCUT2D eigenvalue weighted by Crippen LogP contribution is 2.40. The Bertz CT molecular complexity index is 1690. The predicted octanol–water partition coefficient (Wildman–Crippen LogP) is 6.89. The van der Waals surface area contributed by atoms with E-state index in [0.717, 1.165) is 12.1 Å². The second kappa shape index (κ2) is 13.7. The lowest BCUT2D eigenvalue weighted by Crippen LogP contribution is -2.36. The maximum atomic E-state index is 13.2. The average molecular weight is 646 g/mol. The molecule has 3 aromatic carbocycles. The Balaban J connectivity index is 1.51. The second-order valence-electron chi connectivity index (χ2n) is 9.05. The number of benzene rings is 3. The van der Waals surface area contributed by atoms with Crippen LogP contribution in [0.15, 0.2) is 59.5 Å². The van der Waals surface area contributed by atoms with E-state index < -0.39 is 35.3 Å². The van der Waals surface area contributed by atoms with Crippen LogP contribution in [0.3, 0.4) is 0 Å². The molecule has 1 aliphatic rings. The first kappa shape index (κ1) is 32.2. The number of nitrogens with one attached hydrogen (secondary N) is 1. The van der Waals surface area contributed by atoms with Gasteiger partial charge in [-0.2, -0.15) is 18.4 Å². The molecule has 0 aromatic heterocycles. The van der Waals surface area contributed by atoms with Crippen molar-refractivity contribution < 1.29 is 41.8 Å². The lowest BCUT2D eigenvalue weighted by Gasteiger charge is -2.16. The zero-order valence-corrected chi connectivity index (χ0v) is 24.7. The van der Waals surface area contributed by atoms with Gasteiger partial charge in [-0.1, -0.05) is 29.8 Å². The minimum Gasteiger partial charge on any atom is -0.495 e. The molecule has 44 heavy (non-hydrogen) atoms. The summed E-state index contributed by atoms with van der Waals surface area (Å²) in [7, 11) is 1.22. The number of nitrogens with zero attached hydrogens (tertiary/aromatic N) is 2. The highest BCUT2D eigenvalue weighted by molar-refractivity contribution is 8.18. The minimum absolute atomic E-state index is 0.0189. The number of nitriles is 1.